The number of carbonyl (C=O) groups is 4. The first-order valence-electron chi connectivity index (χ1n) is 14.0. The van der Waals surface area contributed by atoms with Crippen molar-refractivity contribution in [2.45, 2.75) is 25.7 Å². The molecule has 0 saturated heterocycles. The lowest BCUT2D eigenvalue weighted by Crippen LogP contribution is -2.43. The quantitative estimate of drug-likeness (QED) is 0.278. The van der Waals surface area contributed by atoms with Crippen LogP contribution in [0.1, 0.15) is 36.0 Å². The second-order valence-corrected chi connectivity index (χ2v) is 10.7. The first kappa shape index (κ1) is 31.4. The van der Waals surface area contributed by atoms with E-state index < -0.39 is 12.0 Å². The van der Waals surface area contributed by atoms with Crippen molar-refractivity contribution < 1.29 is 28.7 Å². The third kappa shape index (κ3) is 8.71. The molecule has 0 radical (unpaired) electrons. The molecular weight excluding hydrogens is 572 g/mol. The molecule has 0 aromatic heterocycles. The van der Waals surface area contributed by atoms with E-state index in [1.807, 2.05) is 0 Å². The second kappa shape index (κ2) is 15.1. The van der Waals surface area contributed by atoms with Crippen molar-refractivity contribution in [2.75, 3.05) is 49.0 Å². The molecule has 3 aromatic rings. The number of carbonyl (C=O) groups excluding carboxylic acids is 4. The van der Waals surface area contributed by atoms with Gasteiger partial charge in [-0.15, -0.1) is 0 Å². The zero-order valence-electron chi connectivity index (χ0n) is 24.2. The number of methoxy groups -OCH3 is 1. The van der Waals surface area contributed by atoms with E-state index >= 15 is 0 Å². The Hall–Kier alpha value is -4.57. The van der Waals surface area contributed by atoms with Gasteiger partial charge in [0, 0.05) is 30.0 Å². The van der Waals surface area contributed by atoms with Gasteiger partial charge in [0.1, 0.15) is 5.75 Å². The summed E-state index contributed by atoms with van der Waals surface area (Å²) in [6, 6.07) is 19.7. The number of rotatable bonds is 11. The lowest BCUT2D eigenvalue weighted by Gasteiger charge is -2.28. The Labute approximate surface area is 255 Å². The molecule has 10 nitrogen and oxygen atoms in total. The summed E-state index contributed by atoms with van der Waals surface area (Å²) in [6.45, 7) is -0.0726. The largest absolute Gasteiger partial charge is 0.482 e. The van der Waals surface area contributed by atoms with Crippen LogP contribution in [0.5, 0.6) is 5.75 Å². The van der Waals surface area contributed by atoms with E-state index in [0.29, 0.717) is 40.3 Å². The summed E-state index contributed by atoms with van der Waals surface area (Å²) in [4.78, 5) is 54.0. The van der Waals surface area contributed by atoms with E-state index in [1.54, 1.807) is 78.7 Å². The van der Waals surface area contributed by atoms with Crippen molar-refractivity contribution in [2.24, 2.45) is 5.92 Å². The molecule has 4 amide bonds. The van der Waals surface area contributed by atoms with Crippen LogP contribution in [0.4, 0.5) is 21.9 Å². The van der Waals surface area contributed by atoms with Gasteiger partial charge in [0.05, 0.1) is 24.9 Å². The van der Waals surface area contributed by atoms with Crippen LogP contribution < -0.4 is 25.2 Å². The summed E-state index contributed by atoms with van der Waals surface area (Å²) in [6.07, 6.45) is 4.20. The Bertz CT molecular complexity index is 1460. The summed E-state index contributed by atoms with van der Waals surface area (Å²) < 4.78 is 10.7. The summed E-state index contributed by atoms with van der Waals surface area (Å²) in [5.74, 6) is -0.460. The fourth-order valence-corrected chi connectivity index (χ4v) is 5.11. The molecule has 0 bridgehead atoms. The first-order chi connectivity index (χ1) is 20.7. The molecule has 1 fully saturated rings. The smallest absolute Gasteiger partial charge is 0.337 e. The average molecular weight is 607 g/mol. The number of nitrogens with one attached hydrogen (secondary N) is 2. The molecule has 0 heterocycles. The van der Waals surface area contributed by atoms with Gasteiger partial charge in [-0.05, 0) is 67.3 Å². The summed E-state index contributed by atoms with van der Waals surface area (Å²) in [7, 11) is 2.92. The molecule has 3 aromatic carbocycles. The van der Waals surface area contributed by atoms with Crippen LogP contribution in [-0.4, -0.2) is 57.7 Å². The van der Waals surface area contributed by atoms with Crippen LogP contribution in [0.15, 0.2) is 72.8 Å². The lowest BCUT2D eigenvalue weighted by atomic mass is 10.1. The van der Waals surface area contributed by atoms with E-state index in [2.05, 4.69) is 10.6 Å². The van der Waals surface area contributed by atoms with E-state index in [4.69, 9.17) is 21.1 Å². The number of benzene rings is 3. The number of esters is 1. The number of nitrogens with zero attached hydrogens (tertiary/aromatic N) is 2. The van der Waals surface area contributed by atoms with Crippen LogP contribution in [0.2, 0.25) is 5.02 Å². The highest BCUT2D eigenvalue weighted by Gasteiger charge is 2.26. The number of hydrogen-bond acceptors (Lipinski definition) is 6. The van der Waals surface area contributed by atoms with Gasteiger partial charge >= 0.3 is 12.0 Å². The molecule has 0 spiro atoms. The number of amides is 4. The summed E-state index contributed by atoms with van der Waals surface area (Å²) in [5.41, 5.74) is 1.81. The highest BCUT2D eigenvalue weighted by molar-refractivity contribution is 6.30. The zero-order valence-corrected chi connectivity index (χ0v) is 24.9. The van der Waals surface area contributed by atoms with Gasteiger partial charge in [0.2, 0.25) is 5.91 Å². The van der Waals surface area contributed by atoms with Gasteiger partial charge in [-0.3, -0.25) is 9.59 Å². The predicted octanol–water partition coefficient (Wildman–Crippen LogP) is 5.51. The predicted molar refractivity (Wildman–Crippen MR) is 166 cm³/mol. The Morgan fingerprint density at radius 3 is 2.42 bits per heavy atom. The van der Waals surface area contributed by atoms with Crippen molar-refractivity contribution in [1.29, 1.82) is 0 Å². The number of halogens is 1. The Morgan fingerprint density at radius 1 is 0.930 bits per heavy atom. The minimum Gasteiger partial charge on any atom is -0.482 e. The number of urea groups is 1. The third-order valence-corrected chi connectivity index (χ3v) is 7.47. The van der Waals surface area contributed by atoms with Gasteiger partial charge in [-0.25, -0.2) is 9.59 Å². The van der Waals surface area contributed by atoms with Crippen molar-refractivity contribution in [1.82, 2.24) is 5.32 Å². The van der Waals surface area contributed by atoms with Crippen molar-refractivity contribution in [3.63, 3.8) is 0 Å². The first-order valence-corrected chi connectivity index (χ1v) is 14.4. The SMILES string of the molecule is COC(=O)c1cccc(NC(=O)NCC(=O)N(CC2CCCC2)c2ccccc2OCC(=O)N(C)c2cccc(Cl)c2)c1. The number of para-hydroxylation sites is 2. The molecule has 1 aliphatic carbocycles. The van der Waals surface area contributed by atoms with E-state index in [1.165, 1.54) is 18.1 Å². The molecule has 43 heavy (non-hydrogen) atoms. The molecule has 0 atom stereocenters. The van der Waals surface area contributed by atoms with Crippen LogP contribution in [0.25, 0.3) is 0 Å². The van der Waals surface area contributed by atoms with E-state index in [0.717, 1.165) is 25.7 Å². The molecule has 2 N–H and O–H groups in total. The minimum atomic E-state index is -0.602. The summed E-state index contributed by atoms with van der Waals surface area (Å²) in [5, 5.41) is 5.76. The summed E-state index contributed by atoms with van der Waals surface area (Å²) >= 11 is 6.08. The molecule has 226 valence electrons. The fourth-order valence-electron chi connectivity index (χ4n) is 4.92. The van der Waals surface area contributed by atoms with Gasteiger partial charge in [-0.2, -0.15) is 0 Å². The molecule has 11 heteroatoms. The van der Waals surface area contributed by atoms with Gasteiger partial charge in [0.25, 0.3) is 5.91 Å². The minimum absolute atomic E-state index is 0.253. The van der Waals surface area contributed by atoms with Gasteiger partial charge in [0.15, 0.2) is 6.61 Å². The second-order valence-electron chi connectivity index (χ2n) is 10.2. The van der Waals surface area contributed by atoms with Crippen LogP contribution in [-0.2, 0) is 14.3 Å². The molecule has 1 aliphatic rings. The van der Waals surface area contributed by atoms with Crippen molar-refractivity contribution in [3.8, 4) is 5.75 Å². The maximum Gasteiger partial charge on any atom is 0.337 e. The van der Waals surface area contributed by atoms with Crippen molar-refractivity contribution in [3.05, 3.63) is 83.4 Å². The highest BCUT2D eigenvalue weighted by Crippen LogP contribution is 2.32. The lowest BCUT2D eigenvalue weighted by molar-refractivity contribution is -0.120. The molecular formula is C32H35ClN4O6. The molecule has 0 unspecified atom stereocenters. The highest BCUT2D eigenvalue weighted by atomic mass is 35.5. The Kier molecular flexibility index (Phi) is 11.0. The van der Waals surface area contributed by atoms with Gasteiger partial charge in [-0.1, -0.05) is 48.7 Å². The van der Waals surface area contributed by atoms with E-state index in [-0.39, 0.29) is 30.5 Å². The number of likely N-dealkylation sites (N-methyl/N-ethyl adjacent to an activating group) is 1. The topological polar surface area (TPSA) is 117 Å². The molecule has 4 rings (SSSR count). The Morgan fingerprint density at radius 2 is 1.67 bits per heavy atom. The van der Waals surface area contributed by atoms with Gasteiger partial charge < -0.3 is 29.9 Å². The zero-order chi connectivity index (χ0) is 30.8. The van der Waals surface area contributed by atoms with Crippen molar-refractivity contribution >= 4 is 52.5 Å². The maximum atomic E-state index is 13.6. The number of anilines is 3. The number of hydrogen-bond donors (Lipinski definition) is 2. The molecule has 1 saturated carbocycles. The Balaban J connectivity index is 1.44. The average Bonchev–Trinajstić information content (AvgIpc) is 3.54. The molecule has 0 aliphatic heterocycles. The third-order valence-electron chi connectivity index (χ3n) is 7.24. The number of ether oxygens (including phenoxy) is 2. The van der Waals surface area contributed by atoms with E-state index in [9.17, 15) is 19.2 Å². The standard InChI is InChI=1S/C32H35ClN4O6/c1-36(26-14-8-12-24(33)18-26)30(39)21-43-28-16-6-5-15-27(28)37(20-22-9-3-4-10-22)29(38)19-34-32(41)35-25-13-7-11-23(17-25)31(40)42-2/h5-8,11-18,22H,3-4,9-10,19-21H2,1-2H3,(H2,34,35,41). The van der Waals surface area contributed by atoms with Crippen LogP contribution in [0, 0.1) is 5.92 Å². The fraction of sp³-hybridized carbons (Fsp3) is 0.312. The van der Waals surface area contributed by atoms with Crippen LogP contribution in [0.3, 0.4) is 0 Å². The van der Waals surface area contributed by atoms with Crippen LogP contribution >= 0.6 is 11.6 Å². The maximum absolute atomic E-state index is 13.6. The monoisotopic (exact) mass is 606 g/mol. The normalized spacial score (nSPS) is 12.7.